The molecule has 1 aromatic rings. The highest BCUT2D eigenvalue weighted by Crippen LogP contribution is 2.33. The van der Waals surface area contributed by atoms with Crippen LogP contribution in [0.1, 0.15) is 32.6 Å². The van der Waals surface area contributed by atoms with Gasteiger partial charge in [-0.25, -0.2) is 17.7 Å². The Balaban J connectivity index is 1.89. The van der Waals surface area contributed by atoms with Gasteiger partial charge in [-0.15, -0.1) is 0 Å². The van der Waals surface area contributed by atoms with Crippen LogP contribution in [0.4, 0.5) is 5.69 Å². The maximum atomic E-state index is 12.8. The number of carbonyl (C=O) groups is 1. The van der Waals surface area contributed by atoms with Crippen molar-refractivity contribution in [3.8, 4) is 0 Å². The zero-order valence-electron chi connectivity index (χ0n) is 15.4. The fourth-order valence-electron chi connectivity index (χ4n) is 3.31. The lowest BCUT2D eigenvalue weighted by molar-refractivity contribution is -0.131. The quantitative estimate of drug-likeness (QED) is 0.786. The van der Waals surface area contributed by atoms with Crippen LogP contribution in [0.2, 0.25) is 0 Å². The van der Waals surface area contributed by atoms with Crippen molar-refractivity contribution in [1.29, 1.82) is 0 Å². The van der Waals surface area contributed by atoms with Gasteiger partial charge in [0.2, 0.25) is 15.9 Å². The molecule has 1 amide bonds. The van der Waals surface area contributed by atoms with Crippen molar-refractivity contribution in [2.24, 2.45) is 10.9 Å². The molecule has 1 aromatic carbocycles. The normalized spacial score (nSPS) is 23.3. The van der Waals surface area contributed by atoms with Gasteiger partial charge in [-0.2, -0.15) is 0 Å². The van der Waals surface area contributed by atoms with Crippen LogP contribution < -0.4 is 0 Å². The van der Waals surface area contributed by atoms with Crippen LogP contribution in [-0.4, -0.2) is 54.6 Å². The molecule has 0 bridgehead atoms. The molecule has 0 N–H and O–H groups in total. The largest absolute Gasteiger partial charge is 0.290 e. The van der Waals surface area contributed by atoms with Crippen LogP contribution in [0.15, 0.2) is 34.2 Å². The monoisotopic (exact) mass is 395 g/mol. The number of nitrogens with zero attached hydrogens (tertiary/aromatic N) is 3. The molecule has 0 spiro atoms. The molecule has 6 nitrogen and oxygen atoms in total. The lowest BCUT2D eigenvalue weighted by Gasteiger charge is -2.20. The van der Waals surface area contributed by atoms with E-state index in [2.05, 4.69) is 11.9 Å². The molecule has 1 saturated carbocycles. The Hall–Kier alpha value is -1.38. The Bertz CT molecular complexity index is 815. The topological polar surface area (TPSA) is 70.0 Å². The van der Waals surface area contributed by atoms with Crippen LogP contribution in [0, 0.1) is 5.92 Å². The van der Waals surface area contributed by atoms with Gasteiger partial charge in [-0.05, 0) is 31.0 Å². The molecular weight excluding hydrogens is 370 g/mol. The summed E-state index contributed by atoms with van der Waals surface area (Å²) in [5.41, 5.74) is 0.550. The summed E-state index contributed by atoms with van der Waals surface area (Å²) in [6.45, 7) is 2.74. The molecule has 8 heteroatoms. The van der Waals surface area contributed by atoms with Crippen molar-refractivity contribution in [2.45, 2.75) is 42.8 Å². The zero-order chi connectivity index (χ0) is 18.9. The highest BCUT2D eigenvalue weighted by Gasteiger charge is 2.35. The summed E-state index contributed by atoms with van der Waals surface area (Å²) in [4.78, 5) is 19.4. The average Bonchev–Trinajstić information content (AvgIpc) is 3.24. The number of amidine groups is 1. The van der Waals surface area contributed by atoms with Gasteiger partial charge in [0.05, 0.1) is 10.6 Å². The highest BCUT2D eigenvalue weighted by molar-refractivity contribution is 8.14. The van der Waals surface area contributed by atoms with E-state index in [1.54, 1.807) is 40.9 Å². The second kappa shape index (κ2) is 7.70. The van der Waals surface area contributed by atoms with Crippen LogP contribution >= 0.6 is 11.8 Å². The lowest BCUT2D eigenvalue weighted by Crippen LogP contribution is -2.36. The summed E-state index contributed by atoms with van der Waals surface area (Å²) < 4.78 is 25.8. The number of carbonyl (C=O) groups excluding carboxylic acids is 1. The number of amides is 1. The maximum Gasteiger partial charge on any atom is 0.242 e. The lowest BCUT2D eigenvalue weighted by atomic mass is 10.1. The Kier molecular flexibility index (Phi) is 5.74. The summed E-state index contributed by atoms with van der Waals surface area (Å²) >= 11 is 1.57. The number of aliphatic imine (C=N–C) groups is 1. The van der Waals surface area contributed by atoms with Crippen molar-refractivity contribution < 1.29 is 13.2 Å². The van der Waals surface area contributed by atoms with Gasteiger partial charge in [-0.3, -0.25) is 9.69 Å². The second-order valence-corrected chi connectivity index (χ2v) is 10.6. The van der Waals surface area contributed by atoms with Gasteiger partial charge in [0.15, 0.2) is 5.17 Å². The van der Waals surface area contributed by atoms with Gasteiger partial charge in [-0.1, -0.05) is 37.6 Å². The number of sulfonamides is 1. The molecule has 26 heavy (non-hydrogen) atoms. The predicted molar refractivity (Wildman–Crippen MR) is 105 cm³/mol. The van der Waals surface area contributed by atoms with E-state index in [1.807, 2.05) is 0 Å². The van der Waals surface area contributed by atoms with Crippen LogP contribution in [0.5, 0.6) is 0 Å². The minimum absolute atomic E-state index is 0.103. The summed E-state index contributed by atoms with van der Waals surface area (Å²) in [6.07, 6.45) is 4.14. The molecule has 1 aliphatic heterocycles. The molecule has 1 unspecified atom stereocenters. The average molecular weight is 396 g/mol. The summed E-state index contributed by atoms with van der Waals surface area (Å²) in [6, 6.07) is 6.57. The molecule has 1 aliphatic carbocycles. The van der Waals surface area contributed by atoms with E-state index < -0.39 is 10.0 Å². The van der Waals surface area contributed by atoms with Crippen molar-refractivity contribution in [3.63, 3.8) is 0 Å². The minimum Gasteiger partial charge on any atom is -0.290 e. The fourth-order valence-corrected chi connectivity index (χ4v) is 5.29. The first-order chi connectivity index (χ1) is 12.3. The smallest absolute Gasteiger partial charge is 0.242 e. The first kappa shape index (κ1) is 19.4. The first-order valence-corrected chi connectivity index (χ1v) is 11.2. The van der Waals surface area contributed by atoms with E-state index in [-0.39, 0.29) is 22.0 Å². The number of thioether (sulfide) groups is 1. The Morgan fingerprint density at radius 2 is 1.96 bits per heavy atom. The van der Waals surface area contributed by atoms with Crippen LogP contribution in [0.3, 0.4) is 0 Å². The van der Waals surface area contributed by atoms with E-state index in [4.69, 9.17) is 0 Å². The van der Waals surface area contributed by atoms with Crippen molar-refractivity contribution in [1.82, 2.24) is 9.21 Å². The Morgan fingerprint density at radius 1 is 1.27 bits per heavy atom. The van der Waals surface area contributed by atoms with E-state index in [0.717, 1.165) is 25.7 Å². The van der Waals surface area contributed by atoms with Crippen LogP contribution in [0.25, 0.3) is 0 Å². The van der Waals surface area contributed by atoms with Crippen molar-refractivity contribution >= 4 is 38.5 Å². The van der Waals surface area contributed by atoms with E-state index >= 15 is 0 Å². The highest BCUT2D eigenvalue weighted by atomic mass is 32.2. The molecule has 1 atom stereocenters. The van der Waals surface area contributed by atoms with Crippen LogP contribution in [-0.2, 0) is 14.8 Å². The first-order valence-electron chi connectivity index (χ1n) is 8.88. The zero-order valence-corrected chi connectivity index (χ0v) is 17.0. The number of hydrogen-bond donors (Lipinski definition) is 0. The van der Waals surface area contributed by atoms with Crippen molar-refractivity contribution in [2.75, 3.05) is 20.6 Å². The maximum absolute atomic E-state index is 12.8. The fraction of sp³-hybridized carbons (Fsp3) is 0.556. The third-order valence-electron chi connectivity index (χ3n) is 4.77. The van der Waals surface area contributed by atoms with E-state index in [0.29, 0.717) is 17.4 Å². The van der Waals surface area contributed by atoms with Gasteiger partial charge >= 0.3 is 0 Å². The third kappa shape index (κ3) is 3.97. The molecule has 3 rings (SSSR count). The van der Waals surface area contributed by atoms with Gasteiger partial charge in [0, 0.05) is 31.8 Å². The van der Waals surface area contributed by atoms with Crippen molar-refractivity contribution in [3.05, 3.63) is 24.3 Å². The molecule has 0 aromatic heterocycles. The molecule has 2 aliphatic rings. The number of benzene rings is 1. The second-order valence-electron chi connectivity index (χ2n) is 7.04. The molecule has 2 fully saturated rings. The van der Waals surface area contributed by atoms with Gasteiger partial charge in [0.1, 0.15) is 0 Å². The molecular formula is C18H25N3O3S2. The summed E-state index contributed by atoms with van der Waals surface area (Å²) in [5, 5.41) is 0.960. The predicted octanol–water partition coefficient (Wildman–Crippen LogP) is 3.08. The van der Waals surface area contributed by atoms with E-state index in [9.17, 15) is 13.2 Å². The minimum atomic E-state index is -3.51. The summed E-state index contributed by atoms with van der Waals surface area (Å²) in [5.74, 6) is 0.265. The third-order valence-corrected chi connectivity index (χ3v) is 7.65. The van der Waals surface area contributed by atoms with Gasteiger partial charge in [0.25, 0.3) is 0 Å². The standard InChI is InChI=1S/C18H25N3O3S2/c1-13-12-21(17(22)14-7-4-5-8-14)18(25-13)19-15-9-6-10-16(11-15)26(23,24)20(2)3/h6,9-11,13-14H,4-5,7-8,12H2,1-3H3. The number of hydrogen-bond acceptors (Lipinski definition) is 5. The molecule has 0 radical (unpaired) electrons. The SMILES string of the molecule is CC1CN(C(=O)C2CCCC2)C(=Nc2cccc(S(=O)(=O)N(C)C)c2)S1. The summed E-state index contributed by atoms with van der Waals surface area (Å²) in [7, 11) is -0.501. The Morgan fingerprint density at radius 3 is 2.62 bits per heavy atom. The van der Waals surface area contributed by atoms with Gasteiger partial charge < -0.3 is 0 Å². The molecule has 1 heterocycles. The molecule has 1 saturated heterocycles. The van der Waals surface area contributed by atoms with E-state index in [1.165, 1.54) is 18.4 Å². The molecule has 142 valence electrons. The number of rotatable bonds is 4. The Labute approximate surface area is 159 Å².